The number of nitrogens with one attached hydrogen (secondary N) is 1. The Bertz CT molecular complexity index is 607. The van der Waals surface area contributed by atoms with E-state index in [-0.39, 0.29) is 0 Å². The van der Waals surface area contributed by atoms with Gasteiger partial charge in [-0.1, -0.05) is 19.1 Å². The second kappa shape index (κ2) is 6.88. The number of nitriles is 1. The van der Waals surface area contributed by atoms with Crippen LogP contribution in [-0.2, 0) is 26.1 Å². The molecule has 0 saturated heterocycles. The van der Waals surface area contributed by atoms with E-state index in [2.05, 4.69) is 36.4 Å². The molecule has 2 rings (SSSR count). The zero-order valence-electron chi connectivity index (χ0n) is 12.1. The van der Waals surface area contributed by atoms with E-state index in [9.17, 15) is 0 Å². The monoisotopic (exact) mass is 268 g/mol. The van der Waals surface area contributed by atoms with Crippen LogP contribution in [0, 0.1) is 11.3 Å². The zero-order chi connectivity index (χ0) is 14.4. The Morgan fingerprint density at radius 1 is 1.25 bits per heavy atom. The van der Waals surface area contributed by atoms with Gasteiger partial charge >= 0.3 is 0 Å². The van der Waals surface area contributed by atoms with Crippen LogP contribution in [0.25, 0.3) is 0 Å². The minimum absolute atomic E-state index is 0.705. The van der Waals surface area contributed by atoms with Crippen LogP contribution in [0.4, 0.5) is 0 Å². The van der Waals surface area contributed by atoms with E-state index in [0.29, 0.717) is 5.56 Å². The molecule has 0 spiro atoms. The van der Waals surface area contributed by atoms with Crippen molar-refractivity contribution in [2.45, 2.75) is 39.9 Å². The molecule has 0 unspecified atom stereocenters. The number of aryl methyl sites for hydroxylation is 2. The Balaban J connectivity index is 1.95. The summed E-state index contributed by atoms with van der Waals surface area (Å²) in [6, 6.07) is 12.0. The van der Waals surface area contributed by atoms with Crippen molar-refractivity contribution in [3.8, 4) is 6.07 Å². The lowest BCUT2D eigenvalue weighted by Crippen LogP contribution is -2.16. The van der Waals surface area contributed by atoms with Crippen molar-refractivity contribution in [1.82, 2.24) is 15.1 Å². The zero-order valence-corrected chi connectivity index (χ0v) is 12.1. The largest absolute Gasteiger partial charge is 0.307 e. The predicted octanol–water partition coefficient (Wildman–Crippen LogP) is 2.63. The molecule has 0 aliphatic heterocycles. The summed E-state index contributed by atoms with van der Waals surface area (Å²) in [4.78, 5) is 0. The smallest absolute Gasteiger partial charge is 0.0991 e. The highest BCUT2D eigenvalue weighted by molar-refractivity contribution is 5.32. The van der Waals surface area contributed by atoms with Gasteiger partial charge in [-0.3, -0.25) is 4.68 Å². The molecule has 4 heteroatoms. The first-order valence-electron chi connectivity index (χ1n) is 7.02. The fourth-order valence-electron chi connectivity index (χ4n) is 2.19. The number of hydrogen-bond donors (Lipinski definition) is 1. The van der Waals surface area contributed by atoms with Gasteiger partial charge in [-0.25, -0.2) is 0 Å². The average molecular weight is 268 g/mol. The highest BCUT2D eigenvalue weighted by atomic mass is 15.3. The number of aromatic nitrogens is 2. The van der Waals surface area contributed by atoms with Crippen LogP contribution in [0.3, 0.4) is 0 Å². The molecule has 104 valence electrons. The third kappa shape index (κ3) is 3.46. The molecule has 2 aromatic rings. The molecular weight excluding hydrogens is 248 g/mol. The minimum Gasteiger partial charge on any atom is -0.307 e. The number of nitrogens with zero attached hydrogens (tertiary/aromatic N) is 3. The van der Waals surface area contributed by atoms with Crippen molar-refractivity contribution in [2.24, 2.45) is 0 Å². The number of hydrogen-bond acceptors (Lipinski definition) is 3. The fourth-order valence-corrected chi connectivity index (χ4v) is 2.19. The van der Waals surface area contributed by atoms with Gasteiger partial charge in [0.05, 0.1) is 23.0 Å². The van der Waals surface area contributed by atoms with Gasteiger partial charge in [0.15, 0.2) is 0 Å². The van der Waals surface area contributed by atoms with Gasteiger partial charge in [0.25, 0.3) is 0 Å². The lowest BCUT2D eigenvalue weighted by molar-refractivity contribution is 0.577. The average Bonchev–Trinajstić information content (AvgIpc) is 2.90. The van der Waals surface area contributed by atoms with Crippen LogP contribution in [0.1, 0.15) is 36.4 Å². The van der Waals surface area contributed by atoms with E-state index in [1.165, 1.54) is 5.69 Å². The first kappa shape index (κ1) is 14.3. The molecule has 0 aliphatic rings. The van der Waals surface area contributed by atoms with E-state index in [1.807, 2.05) is 28.9 Å². The van der Waals surface area contributed by atoms with Crippen LogP contribution < -0.4 is 5.32 Å². The third-order valence-corrected chi connectivity index (χ3v) is 3.27. The van der Waals surface area contributed by atoms with Gasteiger partial charge in [0.2, 0.25) is 0 Å². The lowest BCUT2D eigenvalue weighted by Gasteiger charge is -2.07. The predicted molar refractivity (Wildman–Crippen MR) is 79.0 cm³/mol. The van der Waals surface area contributed by atoms with Crippen molar-refractivity contribution >= 4 is 0 Å². The van der Waals surface area contributed by atoms with E-state index in [4.69, 9.17) is 5.26 Å². The van der Waals surface area contributed by atoms with Crippen molar-refractivity contribution < 1.29 is 0 Å². The fraction of sp³-hybridized carbons (Fsp3) is 0.375. The van der Waals surface area contributed by atoms with Gasteiger partial charge in [-0.2, -0.15) is 10.4 Å². The molecule has 0 atom stereocenters. The van der Waals surface area contributed by atoms with Gasteiger partial charge in [0.1, 0.15) is 0 Å². The molecule has 0 aliphatic carbocycles. The summed E-state index contributed by atoms with van der Waals surface area (Å²) in [5.74, 6) is 0. The maximum Gasteiger partial charge on any atom is 0.0991 e. The van der Waals surface area contributed by atoms with Crippen LogP contribution in [0.2, 0.25) is 0 Å². The van der Waals surface area contributed by atoms with Gasteiger partial charge < -0.3 is 5.32 Å². The van der Waals surface area contributed by atoms with Crippen LogP contribution >= 0.6 is 0 Å². The molecule has 1 aromatic carbocycles. The van der Waals surface area contributed by atoms with E-state index in [0.717, 1.165) is 37.3 Å². The molecule has 1 aromatic heterocycles. The Morgan fingerprint density at radius 3 is 2.80 bits per heavy atom. The summed E-state index contributed by atoms with van der Waals surface area (Å²) in [7, 11) is 0. The highest BCUT2D eigenvalue weighted by Gasteiger charge is 2.05. The lowest BCUT2D eigenvalue weighted by atomic mass is 10.1. The molecule has 0 amide bonds. The SMILES string of the molecule is CCc1cc(CNCc2cccc(C#N)c2)n(CC)n1. The van der Waals surface area contributed by atoms with Gasteiger partial charge in [0, 0.05) is 19.6 Å². The quantitative estimate of drug-likeness (QED) is 0.876. The molecule has 4 nitrogen and oxygen atoms in total. The van der Waals surface area contributed by atoms with Crippen LogP contribution in [0.15, 0.2) is 30.3 Å². The summed E-state index contributed by atoms with van der Waals surface area (Å²) in [5, 5.41) is 16.8. The summed E-state index contributed by atoms with van der Waals surface area (Å²) in [6.07, 6.45) is 0.963. The third-order valence-electron chi connectivity index (χ3n) is 3.27. The van der Waals surface area contributed by atoms with Crippen LogP contribution in [-0.4, -0.2) is 9.78 Å². The summed E-state index contributed by atoms with van der Waals surface area (Å²) >= 11 is 0. The Morgan fingerprint density at radius 2 is 2.10 bits per heavy atom. The maximum absolute atomic E-state index is 8.88. The van der Waals surface area contributed by atoms with E-state index in [1.54, 1.807) is 0 Å². The number of benzene rings is 1. The first-order chi connectivity index (χ1) is 9.76. The van der Waals surface area contributed by atoms with Gasteiger partial charge in [-0.05, 0) is 37.1 Å². The number of rotatable bonds is 6. The molecular formula is C16H20N4. The summed E-state index contributed by atoms with van der Waals surface area (Å²) in [6.45, 7) is 6.66. The van der Waals surface area contributed by atoms with Crippen molar-refractivity contribution in [2.75, 3.05) is 0 Å². The molecule has 1 heterocycles. The Hall–Kier alpha value is -2.12. The molecule has 1 N–H and O–H groups in total. The minimum atomic E-state index is 0.705. The van der Waals surface area contributed by atoms with E-state index < -0.39 is 0 Å². The van der Waals surface area contributed by atoms with Crippen molar-refractivity contribution in [1.29, 1.82) is 5.26 Å². The summed E-state index contributed by atoms with van der Waals surface area (Å²) in [5.41, 5.74) is 4.18. The second-order valence-corrected chi connectivity index (χ2v) is 4.71. The maximum atomic E-state index is 8.88. The topological polar surface area (TPSA) is 53.6 Å². The first-order valence-corrected chi connectivity index (χ1v) is 7.02. The van der Waals surface area contributed by atoms with Crippen molar-refractivity contribution in [3.05, 3.63) is 52.8 Å². The van der Waals surface area contributed by atoms with Crippen molar-refractivity contribution in [3.63, 3.8) is 0 Å². The molecule has 0 radical (unpaired) electrons. The molecule has 0 bridgehead atoms. The molecule has 0 saturated carbocycles. The molecule has 20 heavy (non-hydrogen) atoms. The van der Waals surface area contributed by atoms with Crippen LogP contribution in [0.5, 0.6) is 0 Å². The van der Waals surface area contributed by atoms with E-state index >= 15 is 0 Å². The Labute approximate surface area is 120 Å². The molecule has 0 fully saturated rings. The standard InChI is InChI=1S/C16H20N4/c1-3-15-9-16(20(4-2)19-15)12-18-11-14-7-5-6-13(8-14)10-17/h5-9,18H,3-4,11-12H2,1-2H3. The van der Waals surface area contributed by atoms with Gasteiger partial charge in [-0.15, -0.1) is 0 Å². The second-order valence-electron chi connectivity index (χ2n) is 4.71. The Kier molecular flexibility index (Phi) is 4.91. The summed E-state index contributed by atoms with van der Waals surface area (Å²) < 4.78 is 2.04. The normalized spacial score (nSPS) is 10.4. The highest BCUT2D eigenvalue weighted by Crippen LogP contribution is 2.07.